The molecule has 0 fully saturated rings. The molecule has 6 nitrogen and oxygen atoms in total. The average Bonchev–Trinajstić information content (AvgIpc) is 2.74. The van der Waals surface area contributed by atoms with E-state index in [4.69, 9.17) is 15.9 Å². The lowest BCUT2D eigenvalue weighted by Crippen LogP contribution is -2.02. The Kier molecular flexibility index (Phi) is 4.90. The summed E-state index contributed by atoms with van der Waals surface area (Å²) in [6, 6.07) is 21.9. The Labute approximate surface area is 166 Å². The van der Waals surface area contributed by atoms with Crippen LogP contribution in [0.5, 0.6) is 0 Å². The van der Waals surface area contributed by atoms with Crippen molar-refractivity contribution < 1.29 is 4.42 Å². The predicted octanol–water partition coefficient (Wildman–Crippen LogP) is 4.40. The van der Waals surface area contributed by atoms with Crippen LogP contribution in [0, 0.1) is 0 Å². The molecule has 3 aromatic carbocycles. The summed E-state index contributed by atoms with van der Waals surface area (Å²) in [6.45, 7) is 0. The Morgan fingerprint density at radius 3 is 2.45 bits per heavy atom. The van der Waals surface area contributed by atoms with Gasteiger partial charge in [-0.3, -0.25) is 0 Å². The van der Waals surface area contributed by atoms with E-state index in [2.05, 4.69) is 9.98 Å². The van der Waals surface area contributed by atoms with Gasteiger partial charge in [-0.15, -0.1) is 0 Å². The number of anilines is 2. The minimum atomic E-state index is -0.368. The lowest BCUT2D eigenvalue weighted by molar-refractivity contribution is 0.563. The number of benzene rings is 3. The van der Waals surface area contributed by atoms with Crippen molar-refractivity contribution in [2.24, 2.45) is 9.98 Å². The van der Waals surface area contributed by atoms with Crippen molar-refractivity contribution in [3.8, 4) is 11.1 Å². The van der Waals surface area contributed by atoms with E-state index in [1.165, 1.54) is 6.34 Å². The van der Waals surface area contributed by atoms with Gasteiger partial charge in [0.15, 0.2) is 0 Å². The predicted molar refractivity (Wildman–Crippen MR) is 119 cm³/mol. The van der Waals surface area contributed by atoms with Crippen molar-refractivity contribution in [3.63, 3.8) is 0 Å². The van der Waals surface area contributed by atoms with Crippen LogP contribution in [0.2, 0.25) is 0 Å². The summed E-state index contributed by atoms with van der Waals surface area (Å²) in [6.07, 6.45) is 3.10. The van der Waals surface area contributed by atoms with Gasteiger partial charge in [0.1, 0.15) is 11.9 Å². The summed E-state index contributed by atoms with van der Waals surface area (Å²) in [5.41, 5.74) is 15.5. The van der Waals surface area contributed by atoms with E-state index in [0.717, 1.165) is 16.5 Å². The summed E-state index contributed by atoms with van der Waals surface area (Å²) < 4.78 is 5.39. The van der Waals surface area contributed by atoms with Gasteiger partial charge in [0, 0.05) is 11.6 Å². The first-order valence-electron chi connectivity index (χ1n) is 8.94. The van der Waals surface area contributed by atoms with Gasteiger partial charge in [-0.1, -0.05) is 36.4 Å². The molecule has 1 aromatic heterocycles. The molecule has 0 spiro atoms. The van der Waals surface area contributed by atoms with E-state index >= 15 is 0 Å². The molecular formula is C23H18N4O2. The zero-order valence-electron chi connectivity index (χ0n) is 15.4. The zero-order valence-corrected chi connectivity index (χ0v) is 15.4. The summed E-state index contributed by atoms with van der Waals surface area (Å²) >= 11 is 0. The van der Waals surface area contributed by atoms with Crippen LogP contribution in [0.3, 0.4) is 0 Å². The van der Waals surface area contributed by atoms with Crippen LogP contribution in [-0.2, 0) is 0 Å². The number of nitrogens with two attached hydrogens (primary N) is 2. The molecule has 1 heterocycles. The van der Waals surface area contributed by atoms with E-state index in [-0.39, 0.29) is 5.63 Å². The molecule has 0 radical (unpaired) electrons. The van der Waals surface area contributed by atoms with Crippen LogP contribution in [-0.4, -0.2) is 12.6 Å². The molecule has 0 aliphatic heterocycles. The standard InChI is InChI=1S/C23H18N4O2/c24-20-10-5-15(11-21(20)25)13-26-14-27-18-8-6-16(7-9-18)19-12-17-3-1-2-4-22(17)29-23(19)28/h1-14H,24-25H2/b26-13+,27-14+. The Morgan fingerprint density at radius 2 is 1.66 bits per heavy atom. The number of nitrogens with zero attached hydrogens (tertiary/aromatic N) is 2. The molecule has 0 atom stereocenters. The lowest BCUT2D eigenvalue weighted by atomic mass is 10.1. The number of hydrogen-bond acceptors (Lipinski definition) is 5. The van der Waals surface area contributed by atoms with E-state index in [1.54, 1.807) is 24.4 Å². The largest absolute Gasteiger partial charge is 0.422 e. The second kappa shape index (κ2) is 7.82. The fraction of sp³-hybridized carbons (Fsp3) is 0. The fourth-order valence-electron chi connectivity index (χ4n) is 2.88. The van der Waals surface area contributed by atoms with Gasteiger partial charge in [-0.25, -0.2) is 14.8 Å². The molecule has 0 aliphatic carbocycles. The van der Waals surface area contributed by atoms with Gasteiger partial charge in [0.05, 0.1) is 22.6 Å². The van der Waals surface area contributed by atoms with Crippen molar-refractivity contribution >= 4 is 40.6 Å². The average molecular weight is 382 g/mol. The molecule has 4 N–H and O–H groups in total. The van der Waals surface area contributed by atoms with Crippen molar-refractivity contribution in [1.29, 1.82) is 0 Å². The number of aliphatic imine (C=N–C) groups is 2. The van der Waals surface area contributed by atoms with Gasteiger partial charge in [0.2, 0.25) is 0 Å². The molecule has 4 aromatic rings. The summed E-state index contributed by atoms with van der Waals surface area (Å²) in [4.78, 5) is 20.7. The SMILES string of the molecule is Nc1ccc(/C=N/C=N/c2ccc(-c3cc4ccccc4oc3=O)cc2)cc1N. The third-order valence-electron chi connectivity index (χ3n) is 4.43. The quantitative estimate of drug-likeness (QED) is 0.236. The van der Waals surface area contributed by atoms with E-state index in [0.29, 0.717) is 28.2 Å². The molecule has 142 valence electrons. The first kappa shape index (κ1) is 18.2. The van der Waals surface area contributed by atoms with E-state index in [1.807, 2.05) is 54.6 Å². The summed E-state index contributed by atoms with van der Waals surface area (Å²) in [7, 11) is 0. The molecule has 0 unspecified atom stereocenters. The third-order valence-corrected chi connectivity index (χ3v) is 4.43. The van der Waals surface area contributed by atoms with Crippen LogP contribution < -0.4 is 17.1 Å². The molecule has 0 bridgehead atoms. The first-order valence-corrected chi connectivity index (χ1v) is 8.94. The molecule has 29 heavy (non-hydrogen) atoms. The number of rotatable bonds is 4. The summed E-state index contributed by atoms with van der Waals surface area (Å²) in [5, 5.41) is 0.877. The van der Waals surface area contributed by atoms with Crippen molar-refractivity contribution in [3.05, 3.63) is 88.8 Å². The van der Waals surface area contributed by atoms with Crippen LogP contribution in [0.25, 0.3) is 22.1 Å². The minimum absolute atomic E-state index is 0.368. The van der Waals surface area contributed by atoms with E-state index < -0.39 is 0 Å². The highest BCUT2D eigenvalue weighted by Gasteiger charge is 2.07. The van der Waals surface area contributed by atoms with Crippen molar-refractivity contribution in [2.75, 3.05) is 11.5 Å². The van der Waals surface area contributed by atoms with Crippen molar-refractivity contribution in [2.45, 2.75) is 0 Å². The second-order valence-electron chi connectivity index (χ2n) is 6.44. The van der Waals surface area contributed by atoms with Gasteiger partial charge in [0.25, 0.3) is 0 Å². The molecule has 6 heteroatoms. The fourth-order valence-corrected chi connectivity index (χ4v) is 2.88. The molecule has 0 aliphatic rings. The number of para-hydroxylation sites is 1. The molecule has 0 saturated heterocycles. The molecule has 0 amide bonds. The maximum atomic E-state index is 12.3. The Morgan fingerprint density at radius 1 is 0.862 bits per heavy atom. The van der Waals surface area contributed by atoms with Crippen LogP contribution >= 0.6 is 0 Å². The lowest BCUT2D eigenvalue weighted by Gasteiger charge is -2.03. The van der Waals surface area contributed by atoms with Crippen LogP contribution in [0.1, 0.15) is 5.56 Å². The monoisotopic (exact) mass is 382 g/mol. The summed E-state index contributed by atoms with van der Waals surface area (Å²) in [5.74, 6) is 0. The molecule has 4 rings (SSSR count). The highest BCUT2D eigenvalue weighted by atomic mass is 16.4. The van der Waals surface area contributed by atoms with Gasteiger partial charge in [-0.05, 0) is 47.5 Å². The number of hydrogen-bond donors (Lipinski definition) is 2. The normalized spacial score (nSPS) is 11.6. The smallest absolute Gasteiger partial charge is 0.344 e. The Bertz CT molecular complexity index is 1290. The molecular weight excluding hydrogens is 364 g/mol. The highest BCUT2D eigenvalue weighted by molar-refractivity contribution is 5.88. The minimum Gasteiger partial charge on any atom is -0.422 e. The Balaban J connectivity index is 1.51. The van der Waals surface area contributed by atoms with Crippen LogP contribution in [0.15, 0.2) is 92.0 Å². The highest BCUT2D eigenvalue weighted by Crippen LogP contribution is 2.23. The maximum Gasteiger partial charge on any atom is 0.344 e. The van der Waals surface area contributed by atoms with Gasteiger partial charge in [-0.2, -0.15) is 0 Å². The number of fused-ring (bicyclic) bond motifs is 1. The number of nitrogen functional groups attached to an aromatic ring is 2. The topological polar surface area (TPSA) is 107 Å². The maximum absolute atomic E-state index is 12.3. The third kappa shape index (κ3) is 4.06. The van der Waals surface area contributed by atoms with E-state index in [9.17, 15) is 4.79 Å². The van der Waals surface area contributed by atoms with Crippen LogP contribution in [0.4, 0.5) is 17.1 Å². The second-order valence-corrected chi connectivity index (χ2v) is 6.44. The van der Waals surface area contributed by atoms with Crippen molar-refractivity contribution in [1.82, 2.24) is 0 Å². The van der Waals surface area contributed by atoms with Gasteiger partial charge < -0.3 is 15.9 Å². The zero-order chi connectivity index (χ0) is 20.2. The first-order chi connectivity index (χ1) is 14.1. The molecule has 0 saturated carbocycles. The van der Waals surface area contributed by atoms with Gasteiger partial charge >= 0.3 is 5.63 Å². The Hall–Kier alpha value is -4.19.